The number of rotatable bonds is 6. The monoisotopic (exact) mass is 938 g/mol. The third-order valence-electron chi connectivity index (χ3n) is 16.9. The van der Waals surface area contributed by atoms with Crippen LogP contribution in [0.3, 0.4) is 0 Å². The van der Waals surface area contributed by atoms with Crippen LogP contribution in [-0.2, 0) is 5.41 Å². The first-order valence-corrected chi connectivity index (χ1v) is 26.8. The van der Waals surface area contributed by atoms with Gasteiger partial charge in [0.15, 0.2) is 0 Å². The molecular formula is C71H58N2. The lowest BCUT2D eigenvalue weighted by Crippen LogP contribution is -2.28. The number of allylic oxidation sites excluding steroid dienone is 11. The molecular weight excluding hydrogens is 881 g/mol. The molecule has 1 heterocycles. The van der Waals surface area contributed by atoms with Crippen molar-refractivity contribution in [3.05, 3.63) is 275 Å². The summed E-state index contributed by atoms with van der Waals surface area (Å²) in [5.74, 6) is 1.28. The van der Waals surface area contributed by atoms with Crippen molar-refractivity contribution in [2.45, 2.75) is 63.7 Å². The summed E-state index contributed by atoms with van der Waals surface area (Å²) in [7, 11) is 0. The highest BCUT2D eigenvalue weighted by atomic mass is 15.1. The van der Waals surface area contributed by atoms with Crippen LogP contribution in [0.4, 0.5) is 17.1 Å². The van der Waals surface area contributed by atoms with Gasteiger partial charge in [-0.25, -0.2) is 0 Å². The zero-order chi connectivity index (χ0) is 48.8. The molecule has 1 saturated carbocycles. The Kier molecular flexibility index (Phi) is 10.3. The van der Waals surface area contributed by atoms with Gasteiger partial charge in [0.1, 0.15) is 0 Å². The second kappa shape index (κ2) is 17.2. The smallest absolute Gasteiger partial charge is 0.0719 e. The summed E-state index contributed by atoms with van der Waals surface area (Å²) >= 11 is 0. The van der Waals surface area contributed by atoms with Crippen LogP contribution in [0, 0.1) is 5.92 Å². The SMILES string of the molecule is C=C1/C=C(/c2ccc3c(c2)c2ccc(N(c4ccc(-c5ccccc5)cc4)c4cccc5c4C4=C(C=CCC4)C54C5=C(CCC=C5)c5ccccc54)cc2n3-c2ccccc2)CC2CC2c2ccccc21.CC. The molecule has 0 N–H and O–H groups in total. The minimum atomic E-state index is -0.354. The predicted octanol–water partition coefficient (Wildman–Crippen LogP) is 19.1. The Labute approximate surface area is 430 Å². The maximum Gasteiger partial charge on any atom is 0.0719 e. The van der Waals surface area contributed by atoms with E-state index in [0.29, 0.717) is 11.8 Å². The average Bonchev–Trinajstić information content (AvgIpc) is 3.93. The van der Waals surface area contributed by atoms with Crippen molar-refractivity contribution in [3.63, 3.8) is 0 Å². The number of anilines is 3. The molecule has 6 aliphatic rings. The number of benzene rings is 8. The molecule has 1 aromatic heterocycles. The van der Waals surface area contributed by atoms with Crippen molar-refractivity contribution in [3.8, 4) is 16.8 Å². The molecule has 0 radical (unpaired) electrons. The van der Waals surface area contributed by atoms with Crippen molar-refractivity contribution in [2.24, 2.45) is 5.92 Å². The summed E-state index contributed by atoms with van der Waals surface area (Å²) in [6.07, 6.45) is 18.7. The molecule has 3 unspecified atom stereocenters. The maximum atomic E-state index is 4.63. The summed E-state index contributed by atoms with van der Waals surface area (Å²) in [4.78, 5) is 2.56. The van der Waals surface area contributed by atoms with Gasteiger partial charge in [-0.1, -0.05) is 184 Å². The van der Waals surface area contributed by atoms with Gasteiger partial charge in [0.2, 0.25) is 0 Å². The molecule has 2 nitrogen and oxygen atoms in total. The van der Waals surface area contributed by atoms with E-state index in [4.69, 9.17) is 0 Å². The lowest BCUT2D eigenvalue weighted by molar-refractivity contribution is 0.768. The van der Waals surface area contributed by atoms with Crippen LogP contribution in [0.5, 0.6) is 0 Å². The van der Waals surface area contributed by atoms with Crippen molar-refractivity contribution in [1.29, 1.82) is 0 Å². The Morgan fingerprint density at radius 1 is 0.548 bits per heavy atom. The van der Waals surface area contributed by atoms with Crippen molar-refractivity contribution in [2.75, 3.05) is 4.90 Å². The van der Waals surface area contributed by atoms with Crippen LogP contribution in [-0.4, -0.2) is 4.57 Å². The first kappa shape index (κ1) is 43.6. The van der Waals surface area contributed by atoms with Gasteiger partial charge in [0.25, 0.3) is 0 Å². The predicted molar refractivity (Wildman–Crippen MR) is 309 cm³/mol. The van der Waals surface area contributed by atoms with Gasteiger partial charge < -0.3 is 9.47 Å². The molecule has 352 valence electrons. The normalized spacial score (nSPS) is 20.5. The van der Waals surface area contributed by atoms with Crippen LogP contribution >= 0.6 is 0 Å². The zero-order valence-corrected chi connectivity index (χ0v) is 41.8. The molecule has 0 saturated heterocycles. The van der Waals surface area contributed by atoms with Gasteiger partial charge in [-0.05, 0) is 183 Å². The first-order valence-electron chi connectivity index (χ1n) is 26.8. The second-order valence-electron chi connectivity index (χ2n) is 20.6. The van der Waals surface area contributed by atoms with Crippen molar-refractivity contribution < 1.29 is 0 Å². The quantitative estimate of drug-likeness (QED) is 0.161. The van der Waals surface area contributed by atoms with Crippen molar-refractivity contribution in [1.82, 2.24) is 4.57 Å². The lowest BCUT2D eigenvalue weighted by atomic mass is 9.67. The molecule has 15 rings (SSSR count). The van der Waals surface area contributed by atoms with Crippen LogP contribution in [0.15, 0.2) is 236 Å². The second-order valence-corrected chi connectivity index (χ2v) is 20.6. The third-order valence-corrected chi connectivity index (χ3v) is 16.9. The fourth-order valence-corrected chi connectivity index (χ4v) is 13.7. The minimum Gasteiger partial charge on any atom is -0.310 e. The highest BCUT2D eigenvalue weighted by Gasteiger charge is 2.54. The van der Waals surface area contributed by atoms with E-state index in [1.54, 1.807) is 0 Å². The van der Waals surface area contributed by atoms with E-state index < -0.39 is 0 Å². The Morgan fingerprint density at radius 3 is 2.01 bits per heavy atom. The first-order chi connectivity index (χ1) is 36.1. The number of aromatic nitrogens is 1. The molecule has 9 aromatic rings. The lowest BCUT2D eigenvalue weighted by Gasteiger charge is -2.34. The van der Waals surface area contributed by atoms with Crippen LogP contribution < -0.4 is 4.90 Å². The summed E-state index contributed by atoms with van der Waals surface area (Å²) in [5.41, 5.74) is 27.2. The molecule has 6 aliphatic carbocycles. The average molecular weight is 939 g/mol. The minimum absolute atomic E-state index is 0.354. The van der Waals surface area contributed by atoms with Crippen LogP contribution in [0.2, 0.25) is 0 Å². The number of para-hydroxylation sites is 1. The Bertz CT molecular complexity index is 3890. The van der Waals surface area contributed by atoms with Gasteiger partial charge >= 0.3 is 0 Å². The van der Waals surface area contributed by atoms with E-state index in [1.165, 1.54) is 112 Å². The number of nitrogens with zero attached hydrogens (tertiary/aromatic N) is 2. The number of hydrogen-bond acceptors (Lipinski definition) is 1. The fourth-order valence-electron chi connectivity index (χ4n) is 13.7. The Hall–Kier alpha value is -8.20. The standard InChI is InChI=1S/C69H52N2.C2H6/c1-44-39-48(40-49-42-59(49)54-22-9-8-21-53(44)54)47-33-38-65-60(41-47)57-37-36-52(43-67(57)71(65)50-19-6-3-7-20-50)70(51-34-31-46(32-35-51)45-17-4-2-5-18-45)66-30-16-29-64-68(66)58-25-12-15-28-63(58)69(64)61-26-13-10-23-55(61)56-24-11-14-27-62(56)69;1-2/h2-10,13-23,26-39,41,43,49,59H,1,11-12,24-25,40,42H2;1-2H3/b48-39+;. The molecule has 73 heavy (non-hydrogen) atoms. The van der Waals surface area contributed by atoms with Gasteiger partial charge in [-0.3, -0.25) is 0 Å². The molecule has 2 heteroatoms. The van der Waals surface area contributed by atoms with Gasteiger partial charge in [-0.15, -0.1) is 0 Å². The van der Waals surface area contributed by atoms with E-state index in [2.05, 4.69) is 234 Å². The summed E-state index contributed by atoms with van der Waals surface area (Å²) in [5, 5.41) is 2.52. The molecule has 0 aliphatic heterocycles. The summed E-state index contributed by atoms with van der Waals surface area (Å²) in [6.45, 7) is 8.63. The topological polar surface area (TPSA) is 8.17 Å². The highest BCUT2D eigenvalue weighted by Crippen LogP contribution is 2.65. The van der Waals surface area contributed by atoms with E-state index in [9.17, 15) is 0 Å². The molecule has 8 aromatic carbocycles. The largest absolute Gasteiger partial charge is 0.310 e. The van der Waals surface area contributed by atoms with E-state index >= 15 is 0 Å². The molecule has 1 fully saturated rings. The van der Waals surface area contributed by atoms with Crippen LogP contribution in [0.25, 0.3) is 60.9 Å². The Balaban J connectivity index is 0.00000244. The molecule has 1 spiro atoms. The zero-order valence-electron chi connectivity index (χ0n) is 41.8. The number of fused-ring (bicyclic) bond motifs is 14. The van der Waals surface area contributed by atoms with E-state index in [-0.39, 0.29) is 5.41 Å². The molecule has 0 bridgehead atoms. The third kappa shape index (κ3) is 6.62. The maximum absolute atomic E-state index is 4.63. The molecule has 3 atom stereocenters. The highest BCUT2D eigenvalue weighted by molar-refractivity contribution is 6.12. The summed E-state index contributed by atoms with van der Waals surface area (Å²) in [6, 6.07) is 70.8. The van der Waals surface area contributed by atoms with Gasteiger partial charge in [-0.2, -0.15) is 0 Å². The Morgan fingerprint density at radius 2 is 1.21 bits per heavy atom. The van der Waals surface area contributed by atoms with Gasteiger partial charge in [0, 0.05) is 33.4 Å². The van der Waals surface area contributed by atoms with Crippen LogP contribution in [0.1, 0.15) is 97.2 Å². The van der Waals surface area contributed by atoms with E-state index in [0.717, 1.165) is 54.7 Å². The van der Waals surface area contributed by atoms with Crippen molar-refractivity contribution >= 4 is 61.2 Å². The number of hydrogen-bond donors (Lipinski definition) is 0. The van der Waals surface area contributed by atoms with E-state index in [1.807, 2.05) is 13.8 Å². The fraction of sp³-hybridized carbons (Fsp3) is 0.155. The van der Waals surface area contributed by atoms with Gasteiger partial charge in [0.05, 0.1) is 22.1 Å². The molecule has 0 amide bonds. The summed E-state index contributed by atoms with van der Waals surface area (Å²) < 4.78 is 2.49.